The maximum Gasteiger partial charge on any atom is 0.303 e. The Morgan fingerprint density at radius 2 is 1.38 bits per heavy atom. The van der Waals surface area contributed by atoms with Gasteiger partial charge < -0.3 is 22.9 Å². The Bertz CT molecular complexity index is 1110. The Hall–Kier alpha value is -4.41. The second kappa shape index (κ2) is 10.0. The molecule has 11 nitrogen and oxygen atoms in total. The van der Waals surface area contributed by atoms with E-state index in [1.54, 1.807) is 54.5 Å². The number of imide groups is 1. The summed E-state index contributed by atoms with van der Waals surface area (Å²) in [6.07, 6.45) is 13.1. The van der Waals surface area contributed by atoms with E-state index >= 15 is 0 Å². The monoisotopic (exact) mass is 463 g/mol. The van der Waals surface area contributed by atoms with Gasteiger partial charge in [-0.1, -0.05) is 13.8 Å². The van der Waals surface area contributed by atoms with Crippen molar-refractivity contribution >= 4 is 17.8 Å². The first-order valence-corrected chi connectivity index (χ1v) is 10.8. The molecule has 0 radical (unpaired) electrons. The van der Waals surface area contributed by atoms with Crippen LogP contribution >= 0.6 is 0 Å². The number of nitrogens with zero attached hydrogens (tertiary/aromatic N) is 6. The van der Waals surface area contributed by atoms with Gasteiger partial charge in [-0.2, -0.15) is 0 Å². The van der Waals surface area contributed by atoms with Gasteiger partial charge in [0.25, 0.3) is 0 Å². The molecule has 2 unspecified atom stereocenters. The summed E-state index contributed by atoms with van der Waals surface area (Å²) in [7, 11) is 0. The van der Waals surface area contributed by atoms with Crippen LogP contribution < -0.4 is 0 Å². The average molecular weight is 463 g/mol. The first-order chi connectivity index (χ1) is 16.6. The third-order valence-electron chi connectivity index (χ3n) is 5.44. The molecule has 34 heavy (non-hydrogen) atoms. The lowest BCUT2D eigenvalue weighted by molar-refractivity contribution is 0.0579. The molecule has 4 aromatic rings. The highest BCUT2D eigenvalue weighted by atomic mass is 16.3. The van der Waals surface area contributed by atoms with Gasteiger partial charge in [0.15, 0.2) is 11.5 Å². The lowest BCUT2D eigenvalue weighted by Gasteiger charge is -2.41. The summed E-state index contributed by atoms with van der Waals surface area (Å²) in [5.41, 5.74) is 0. The molecule has 11 heteroatoms. The summed E-state index contributed by atoms with van der Waals surface area (Å²) >= 11 is 0. The molecule has 0 aromatic carbocycles. The van der Waals surface area contributed by atoms with Crippen LogP contribution in [0.15, 0.2) is 83.1 Å². The summed E-state index contributed by atoms with van der Waals surface area (Å²) in [4.78, 5) is 37.7. The van der Waals surface area contributed by atoms with E-state index in [4.69, 9.17) is 8.83 Å². The Morgan fingerprint density at radius 1 is 0.912 bits per heavy atom. The molecule has 0 aliphatic carbocycles. The highest BCUT2D eigenvalue weighted by Crippen LogP contribution is 2.30. The van der Waals surface area contributed by atoms with E-state index in [2.05, 4.69) is 9.97 Å². The number of guanidine groups is 1. The minimum Gasteiger partial charge on any atom is -0.459 e. The number of carbonyl (C=O) groups is 2. The number of imidazole rings is 2. The van der Waals surface area contributed by atoms with Crippen LogP contribution in [0.4, 0.5) is 0 Å². The van der Waals surface area contributed by atoms with Crippen molar-refractivity contribution < 1.29 is 18.4 Å². The quantitative estimate of drug-likeness (QED) is 0.238. The number of aromatic nitrogens is 4. The predicted molar refractivity (Wildman–Crippen MR) is 121 cm³/mol. The van der Waals surface area contributed by atoms with Gasteiger partial charge in [-0.15, -0.1) is 0 Å². The first kappa shape index (κ1) is 22.8. The molecule has 0 saturated carbocycles. The Labute approximate surface area is 195 Å². The maximum atomic E-state index is 13.4. The molecule has 0 aliphatic rings. The van der Waals surface area contributed by atoms with Crippen LogP contribution in [0.1, 0.15) is 60.1 Å². The van der Waals surface area contributed by atoms with E-state index in [1.165, 1.54) is 24.7 Å². The zero-order valence-electron chi connectivity index (χ0n) is 18.8. The van der Waals surface area contributed by atoms with Gasteiger partial charge in [0.2, 0.25) is 5.96 Å². The first-order valence-electron chi connectivity index (χ1n) is 10.8. The SMILES string of the molecule is CCC(N(C(=N)N(C(=O)c1ccco1)C(=O)c1ccco1)C(CC)n1ccnc1)n1ccnc1. The minimum atomic E-state index is -0.776. The third-order valence-corrected chi connectivity index (χ3v) is 5.44. The summed E-state index contributed by atoms with van der Waals surface area (Å²) in [5, 5.41) is 9.20. The molecular weight excluding hydrogens is 438 g/mol. The molecule has 4 rings (SSSR count). The molecule has 4 aromatic heterocycles. The summed E-state index contributed by atoms with van der Waals surface area (Å²) < 4.78 is 14.2. The van der Waals surface area contributed by atoms with Crippen molar-refractivity contribution in [3.63, 3.8) is 0 Å². The fourth-order valence-electron chi connectivity index (χ4n) is 3.90. The van der Waals surface area contributed by atoms with Crippen molar-refractivity contribution in [1.29, 1.82) is 5.41 Å². The summed E-state index contributed by atoms with van der Waals surface area (Å²) in [6, 6.07) is 5.99. The number of hydrogen-bond acceptors (Lipinski definition) is 7. The van der Waals surface area contributed by atoms with Crippen LogP contribution in [0, 0.1) is 5.41 Å². The predicted octanol–water partition coefficient (Wildman–Crippen LogP) is 4.00. The highest BCUT2D eigenvalue weighted by Gasteiger charge is 2.39. The molecule has 0 saturated heterocycles. The Balaban J connectivity index is 1.83. The fourth-order valence-corrected chi connectivity index (χ4v) is 3.90. The van der Waals surface area contributed by atoms with Crippen LogP contribution in [0.2, 0.25) is 0 Å². The Kier molecular flexibility index (Phi) is 6.72. The lowest BCUT2D eigenvalue weighted by atomic mass is 10.2. The van der Waals surface area contributed by atoms with Gasteiger partial charge in [-0.25, -0.2) is 14.9 Å². The van der Waals surface area contributed by atoms with Crippen LogP contribution in [-0.4, -0.2) is 46.7 Å². The molecule has 0 aliphatic heterocycles. The molecule has 176 valence electrons. The Morgan fingerprint density at radius 3 is 1.71 bits per heavy atom. The zero-order valence-corrected chi connectivity index (χ0v) is 18.8. The van der Waals surface area contributed by atoms with Crippen LogP contribution in [0.3, 0.4) is 0 Å². The number of amides is 2. The second-order valence-corrected chi connectivity index (χ2v) is 7.43. The second-order valence-electron chi connectivity index (χ2n) is 7.43. The lowest BCUT2D eigenvalue weighted by Crippen LogP contribution is -2.53. The van der Waals surface area contributed by atoms with Crippen molar-refractivity contribution in [1.82, 2.24) is 28.9 Å². The molecule has 4 heterocycles. The van der Waals surface area contributed by atoms with Gasteiger partial charge in [-0.3, -0.25) is 15.0 Å². The van der Waals surface area contributed by atoms with Crippen molar-refractivity contribution in [2.45, 2.75) is 39.0 Å². The molecule has 0 spiro atoms. The van der Waals surface area contributed by atoms with Gasteiger partial charge >= 0.3 is 11.8 Å². The molecule has 0 bridgehead atoms. The highest BCUT2D eigenvalue weighted by molar-refractivity contribution is 6.19. The molecular formula is C23H25N7O4. The van der Waals surface area contributed by atoms with E-state index < -0.39 is 24.1 Å². The fraction of sp³-hybridized carbons (Fsp3) is 0.261. The average Bonchev–Trinajstić information content (AvgIpc) is 3.67. The molecule has 0 fully saturated rings. The van der Waals surface area contributed by atoms with Crippen molar-refractivity contribution in [2.75, 3.05) is 0 Å². The number of carbonyl (C=O) groups excluding carboxylic acids is 2. The van der Waals surface area contributed by atoms with E-state index in [0.29, 0.717) is 12.8 Å². The normalized spacial score (nSPS) is 12.8. The molecule has 1 N–H and O–H groups in total. The van der Waals surface area contributed by atoms with Crippen LogP contribution in [0.5, 0.6) is 0 Å². The van der Waals surface area contributed by atoms with Gasteiger partial charge in [0, 0.05) is 24.8 Å². The zero-order chi connectivity index (χ0) is 24.1. The maximum absolute atomic E-state index is 13.4. The summed E-state index contributed by atoms with van der Waals surface area (Å²) in [5.74, 6) is -2.03. The van der Waals surface area contributed by atoms with E-state index in [9.17, 15) is 15.0 Å². The van der Waals surface area contributed by atoms with Gasteiger partial charge in [0.1, 0.15) is 12.3 Å². The van der Waals surface area contributed by atoms with E-state index in [-0.39, 0.29) is 17.5 Å². The number of hydrogen-bond donors (Lipinski definition) is 1. The standard InChI is InChI=1S/C23H25N7O4/c1-3-19(27-11-9-25-15-27)29(20(4-2)28-12-10-26-16-28)23(24)30(21(31)17-7-5-13-33-17)22(32)18-8-6-14-34-18/h5-16,19-20,24H,3-4H2,1-2H3. The number of furan rings is 2. The van der Waals surface area contributed by atoms with Gasteiger partial charge in [0.05, 0.1) is 25.2 Å². The number of rotatable bonds is 8. The largest absolute Gasteiger partial charge is 0.459 e. The third kappa shape index (κ3) is 4.27. The topological polar surface area (TPSA) is 126 Å². The van der Waals surface area contributed by atoms with E-state index in [0.717, 1.165) is 4.90 Å². The smallest absolute Gasteiger partial charge is 0.303 e. The van der Waals surface area contributed by atoms with Gasteiger partial charge in [-0.05, 0) is 37.1 Å². The summed E-state index contributed by atoms with van der Waals surface area (Å²) in [6.45, 7) is 3.91. The van der Waals surface area contributed by atoms with E-state index in [1.807, 2.05) is 23.0 Å². The van der Waals surface area contributed by atoms with Crippen molar-refractivity contribution in [3.05, 3.63) is 85.8 Å². The number of nitrogens with one attached hydrogen (secondary N) is 1. The van der Waals surface area contributed by atoms with Crippen molar-refractivity contribution in [3.8, 4) is 0 Å². The minimum absolute atomic E-state index is 0.0732. The van der Waals surface area contributed by atoms with Crippen LogP contribution in [0.25, 0.3) is 0 Å². The van der Waals surface area contributed by atoms with Crippen LogP contribution in [-0.2, 0) is 0 Å². The molecule has 2 amide bonds. The van der Waals surface area contributed by atoms with Crippen molar-refractivity contribution in [2.24, 2.45) is 0 Å². The molecule has 2 atom stereocenters.